The first-order chi connectivity index (χ1) is 11.6. The largest absolute Gasteiger partial charge is 0.383 e. The standard InChI is InChI=1S/C19H26N2O3/c1-14(22)21-7-3-4-17-11-15(5-6-18(17)21)10-16-12-19(23)20(13-16)8-9-24-2/h5-6,11,16H,3-4,7-10,12-13H2,1-2H3. The van der Waals surface area contributed by atoms with Crippen molar-refractivity contribution in [3.05, 3.63) is 29.3 Å². The van der Waals surface area contributed by atoms with E-state index in [4.69, 9.17) is 4.74 Å². The van der Waals surface area contributed by atoms with Crippen molar-refractivity contribution in [1.82, 2.24) is 4.90 Å². The van der Waals surface area contributed by atoms with Gasteiger partial charge in [0, 0.05) is 45.8 Å². The second kappa shape index (κ2) is 7.34. The Kier molecular flexibility index (Phi) is 5.19. The van der Waals surface area contributed by atoms with Gasteiger partial charge in [0.15, 0.2) is 0 Å². The molecule has 0 N–H and O–H groups in total. The van der Waals surface area contributed by atoms with Crippen LogP contribution in [-0.4, -0.2) is 50.1 Å². The lowest BCUT2D eigenvalue weighted by atomic mass is 9.93. The number of carbonyl (C=O) groups is 2. The summed E-state index contributed by atoms with van der Waals surface area (Å²) in [5.41, 5.74) is 3.58. The lowest BCUT2D eigenvalue weighted by Gasteiger charge is -2.29. The number of likely N-dealkylation sites (tertiary alicyclic amines) is 1. The van der Waals surface area contributed by atoms with E-state index < -0.39 is 0 Å². The molecule has 2 heterocycles. The number of methoxy groups -OCH3 is 1. The van der Waals surface area contributed by atoms with E-state index in [0.717, 1.165) is 38.0 Å². The molecule has 1 aromatic carbocycles. The fourth-order valence-corrected chi connectivity index (χ4v) is 3.85. The molecule has 1 atom stereocenters. The third-order valence-electron chi connectivity index (χ3n) is 5.03. The summed E-state index contributed by atoms with van der Waals surface area (Å²) in [6.45, 7) is 4.54. The molecule has 0 spiro atoms. The average molecular weight is 330 g/mol. The van der Waals surface area contributed by atoms with Crippen LogP contribution in [0, 0.1) is 5.92 Å². The molecule has 1 unspecified atom stereocenters. The van der Waals surface area contributed by atoms with Gasteiger partial charge in [0.25, 0.3) is 0 Å². The Hall–Kier alpha value is -1.88. The molecule has 24 heavy (non-hydrogen) atoms. The van der Waals surface area contributed by atoms with Gasteiger partial charge < -0.3 is 14.5 Å². The van der Waals surface area contributed by atoms with E-state index in [0.29, 0.717) is 25.5 Å². The Morgan fingerprint density at radius 3 is 2.96 bits per heavy atom. The zero-order valence-electron chi connectivity index (χ0n) is 14.6. The van der Waals surface area contributed by atoms with Gasteiger partial charge >= 0.3 is 0 Å². The first-order valence-electron chi connectivity index (χ1n) is 8.75. The topological polar surface area (TPSA) is 49.9 Å². The van der Waals surface area contributed by atoms with E-state index in [2.05, 4.69) is 18.2 Å². The van der Waals surface area contributed by atoms with Gasteiger partial charge in [-0.2, -0.15) is 0 Å². The predicted molar refractivity (Wildman–Crippen MR) is 93.1 cm³/mol. The molecule has 3 rings (SSSR count). The van der Waals surface area contributed by atoms with Crippen LogP contribution < -0.4 is 4.90 Å². The lowest BCUT2D eigenvalue weighted by Crippen LogP contribution is -2.33. The molecule has 130 valence electrons. The minimum Gasteiger partial charge on any atom is -0.383 e. The summed E-state index contributed by atoms with van der Waals surface area (Å²) in [6.07, 6.45) is 3.59. The highest BCUT2D eigenvalue weighted by Gasteiger charge is 2.29. The van der Waals surface area contributed by atoms with Crippen LogP contribution in [-0.2, 0) is 27.2 Å². The van der Waals surface area contributed by atoms with Crippen LogP contribution in [0.4, 0.5) is 5.69 Å². The third kappa shape index (κ3) is 3.61. The molecule has 2 aliphatic rings. The van der Waals surface area contributed by atoms with Gasteiger partial charge in [0.1, 0.15) is 0 Å². The maximum atomic E-state index is 12.1. The number of fused-ring (bicyclic) bond motifs is 1. The Balaban J connectivity index is 1.67. The van der Waals surface area contributed by atoms with Crippen LogP contribution in [0.3, 0.4) is 0 Å². The van der Waals surface area contributed by atoms with Crippen molar-refractivity contribution in [3.63, 3.8) is 0 Å². The maximum absolute atomic E-state index is 12.1. The average Bonchev–Trinajstić information content (AvgIpc) is 2.91. The number of amides is 2. The molecule has 0 radical (unpaired) electrons. The molecule has 5 nitrogen and oxygen atoms in total. The van der Waals surface area contributed by atoms with Crippen molar-refractivity contribution >= 4 is 17.5 Å². The number of ether oxygens (including phenoxy) is 1. The maximum Gasteiger partial charge on any atom is 0.223 e. The summed E-state index contributed by atoms with van der Waals surface area (Å²) >= 11 is 0. The van der Waals surface area contributed by atoms with E-state index in [1.807, 2.05) is 9.80 Å². The van der Waals surface area contributed by atoms with Gasteiger partial charge in [-0.05, 0) is 42.4 Å². The van der Waals surface area contributed by atoms with Gasteiger partial charge in [-0.1, -0.05) is 12.1 Å². The molecule has 0 saturated carbocycles. The van der Waals surface area contributed by atoms with Gasteiger partial charge in [-0.3, -0.25) is 9.59 Å². The monoisotopic (exact) mass is 330 g/mol. The summed E-state index contributed by atoms with van der Waals surface area (Å²) in [6, 6.07) is 6.42. The van der Waals surface area contributed by atoms with Crippen molar-refractivity contribution in [1.29, 1.82) is 0 Å². The second-order valence-electron chi connectivity index (χ2n) is 6.84. The third-order valence-corrected chi connectivity index (χ3v) is 5.03. The first-order valence-corrected chi connectivity index (χ1v) is 8.75. The number of rotatable bonds is 5. The zero-order valence-corrected chi connectivity index (χ0v) is 14.6. The first kappa shape index (κ1) is 17.0. The van der Waals surface area contributed by atoms with E-state index in [9.17, 15) is 9.59 Å². The van der Waals surface area contributed by atoms with Gasteiger partial charge in [0.2, 0.25) is 11.8 Å². The minimum atomic E-state index is 0.110. The van der Waals surface area contributed by atoms with Crippen molar-refractivity contribution < 1.29 is 14.3 Å². The number of hydrogen-bond acceptors (Lipinski definition) is 3. The summed E-state index contributed by atoms with van der Waals surface area (Å²) in [4.78, 5) is 27.6. The summed E-state index contributed by atoms with van der Waals surface area (Å²) in [5.74, 6) is 0.719. The quantitative estimate of drug-likeness (QED) is 0.830. The Labute approximate surface area is 143 Å². The number of hydrogen-bond donors (Lipinski definition) is 0. The van der Waals surface area contributed by atoms with Gasteiger partial charge in [-0.15, -0.1) is 0 Å². The summed E-state index contributed by atoms with van der Waals surface area (Å²) in [5, 5.41) is 0. The van der Waals surface area contributed by atoms with E-state index >= 15 is 0 Å². The Bertz CT molecular complexity index is 629. The van der Waals surface area contributed by atoms with Crippen molar-refractivity contribution in [2.45, 2.75) is 32.6 Å². The van der Waals surface area contributed by atoms with Crippen molar-refractivity contribution in [3.8, 4) is 0 Å². The molecule has 2 aliphatic heterocycles. The second-order valence-corrected chi connectivity index (χ2v) is 6.84. The molecular formula is C19H26N2O3. The number of carbonyl (C=O) groups excluding carboxylic acids is 2. The molecule has 2 amide bonds. The van der Waals surface area contributed by atoms with Crippen molar-refractivity contribution in [2.24, 2.45) is 5.92 Å². The number of benzene rings is 1. The van der Waals surface area contributed by atoms with Crippen LogP contribution >= 0.6 is 0 Å². The Morgan fingerprint density at radius 2 is 2.21 bits per heavy atom. The fourth-order valence-electron chi connectivity index (χ4n) is 3.85. The fraction of sp³-hybridized carbons (Fsp3) is 0.579. The smallest absolute Gasteiger partial charge is 0.223 e. The molecule has 0 aromatic heterocycles. The number of aryl methyl sites for hydroxylation is 1. The molecule has 0 aliphatic carbocycles. The number of anilines is 1. The van der Waals surface area contributed by atoms with Crippen LogP contribution in [0.25, 0.3) is 0 Å². The lowest BCUT2D eigenvalue weighted by molar-refractivity contribution is -0.128. The Morgan fingerprint density at radius 1 is 1.38 bits per heavy atom. The van der Waals surface area contributed by atoms with Crippen LogP contribution in [0.2, 0.25) is 0 Å². The van der Waals surface area contributed by atoms with E-state index in [1.165, 1.54) is 11.1 Å². The van der Waals surface area contributed by atoms with E-state index in [1.54, 1.807) is 14.0 Å². The molecule has 0 bridgehead atoms. The number of nitrogens with zero attached hydrogens (tertiary/aromatic N) is 2. The SMILES string of the molecule is COCCN1CC(Cc2ccc3c(c2)CCCN3C(C)=O)CC1=O. The van der Waals surface area contributed by atoms with Crippen molar-refractivity contribution in [2.75, 3.05) is 38.3 Å². The van der Waals surface area contributed by atoms with E-state index in [-0.39, 0.29) is 11.8 Å². The van der Waals surface area contributed by atoms with Gasteiger partial charge in [0.05, 0.1) is 6.61 Å². The molecule has 1 aromatic rings. The highest BCUT2D eigenvalue weighted by Crippen LogP contribution is 2.30. The molecule has 5 heteroatoms. The normalized spacial score (nSPS) is 20.4. The summed E-state index contributed by atoms with van der Waals surface area (Å²) < 4.78 is 5.07. The molecular weight excluding hydrogens is 304 g/mol. The minimum absolute atomic E-state index is 0.110. The van der Waals surface area contributed by atoms with Crippen LogP contribution in [0.15, 0.2) is 18.2 Å². The van der Waals surface area contributed by atoms with Crippen LogP contribution in [0.1, 0.15) is 30.9 Å². The highest BCUT2D eigenvalue weighted by molar-refractivity contribution is 5.92. The van der Waals surface area contributed by atoms with Gasteiger partial charge in [-0.25, -0.2) is 0 Å². The zero-order chi connectivity index (χ0) is 17.1. The molecule has 1 fully saturated rings. The highest BCUT2D eigenvalue weighted by atomic mass is 16.5. The van der Waals surface area contributed by atoms with Crippen LogP contribution in [0.5, 0.6) is 0 Å². The predicted octanol–water partition coefficient (Wildman–Crippen LogP) is 2.02. The summed E-state index contributed by atoms with van der Waals surface area (Å²) in [7, 11) is 1.66. The molecule has 1 saturated heterocycles.